The van der Waals surface area contributed by atoms with Crippen LogP contribution < -0.4 is 10.1 Å². The molecular weight excluding hydrogens is 422 g/mol. The Labute approximate surface area is 152 Å². The van der Waals surface area contributed by atoms with Gasteiger partial charge in [-0.15, -0.1) is 0 Å². The molecule has 0 aliphatic carbocycles. The minimum atomic E-state index is -0.332. The number of benzene rings is 2. The minimum absolute atomic E-state index is 0.229. The van der Waals surface area contributed by atoms with Gasteiger partial charge in [0.1, 0.15) is 18.2 Å². The summed E-state index contributed by atoms with van der Waals surface area (Å²) in [5.41, 5.74) is 0.976. The van der Waals surface area contributed by atoms with Crippen molar-refractivity contribution in [1.29, 1.82) is 0 Å². The molecule has 1 heterocycles. The quantitative estimate of drug-likeness (QED) is 0.613. The van der Waals surface area contributed by atoms with Crippen LogP contribution in [0.25, 0.3) is 10.8 Å². The van der Waals surface area contributed by atoms with Crippen LogP contribution in [-0.4, -0.2) is 10.9 Å². The summed E-state index contributed by atoms with van der Waals surface area (Å²) in [5, 5.41) is 3.99. The van der Waals surface area contributed by atoms with Gasteiger partial charge in [0, 0.05) is 6.92 Å². The summed E-state index contributed by atoms with van der Waals surface area (Å²) in [4.78, 5) is 15.6. The van der Waals surface area contributed by atoms with Gasteiger partial charge in [-0.3, -0.25) is 4.79 Å². The topological polar surface area (TPSA) is 51.2 Å². The first-order valence-electron chi connectivity index (χ1n) is 7.27. The highest BCUT2D eigenvalue weighted by Gasteiger charge is 2.14. The molecule has 0 aliphatic heterocycles. The Morgan fingerprint density at radius 1 is 1.25 bits per heavy atom. The van der Waals surface area contributed by atoms with Crippen LogP contribution in [0.3, 0.4) is 0 Å². The fourth-order valence-corrected chi connectivity index (χ4v) is 3.04. The highest BCUT2D eigenvalue weighted by molar-refractivity contribution is 14.1. The van der Waals surface area contributed by atoms with Crippen LogP contribution in [0, 0.1) is 9.39 Å². The van der Waals surface area contributed by atoms with Gasteiger partial charge in [0.15, 0.2) is 0 Å². The van der Waals surface area contributed by atoms with Gasteiger partial charge in [0.05, 0.1) is 8.96 Å². The lowest BCUT2D eigenvalue weighted by atomic mass is 10.1. The molecule has 0 saturated carbocycles. The Bertz CT molecular complexity index is 900. The van der Waals surface area contributed by atoms with E-state index in [9.17, 15) is 9.18 Å². The average Bonchev–Trinajstić information content (AvgIpc) is 2.56. The van der Waals surface area contributed by atoms with Crippen LogP contribution in [0.5, 0.6) is 5.88 Å². The van der Waals surface area contributed by atoms with Crippen molar-refractivity contribution in [2.24, 2.45) is 0 Å². The summed E-state index contributed by atoms with van der Waals surface area (Å²) >= 11 is 1.94. The van der Waals surface area contributed by atoms with Crippen molar-refractivity contribution in [3.8, 4) is 5.88 Å². The number of aromatic nitrogens is 1. The summed E-state index contributed by atoms with van der Waals surface area (Å²) in [6.45, 7) is 1.71. The zero-order valence-electron chi connectivity index (χ0n) is 12.8. The monoisotopic (exact) mass is 436 g/mol. The van der Waals surface area contributed by atoms with E-state index >= 15 is 0 Å². The smallest absolute Gasteiger partial charge is 0.224 e. The number of carbonyl (C=O) groups excluding carboxylic acids is 1. The number of ether oxygens (including phenoxy) is 1. The van der Waals surface area contributed by atoms with Crippen LogP contribution in [0.1, 0.15) is 12.5 Å². The number of halogens is 2. The second-order valence-electron chi connectivity index (χ2n) is 5.23. The molecule has 6 heteroatoms. The van der Waals surface area contributed by atoms with E-state index in [0.29, 0.717) is 27.3 Å². The number of fused-ring (bicyclic) bond motifs is 1. The molecule has 1 amide bonds. The van der Waals surface area contributed by atoms with Gasteiger partial charge in [0.2, 0.25) is 11.8 Å². The summed E-state index contributed by atoms with van der Waals surface area (Å²) < 4.78 is 20.2. The molecule has 3 aromatic rings. The SMILES string of the molecule is CC(=O)Nc1cc2ccc(F)c(I)c2c(OCc2ccccc2)n1. The van der Waals surface area contributed by atoms with Crippen molar-refractivity contribution in [1.82, 2.24) is 4.98 Å². The minimum Gasteiger partial charge on any atom is -0.472 e. The van der Waals surface area contributed by atoms with Crippen LogP contribution in [0.15, 0.2) is 48.5 Å². The summed E-state index contributed by atoms with van der Waals surface area (Å²) in [5.74, 6) is 0.110. The zero-order valence-corrected chi connectivity index (χ0v) is 15.0. The van der Waals surface area contributed by atoms with E-state index in [2.05, 4.69) is 10.3 Å². The number of nitrogens with zero attached hydrogens (tertiary/aromatic N) is 1. The predicted octanol–water partition coefficient (Wildman–Crippen LogP) is 4.52. The van der Waals surface area contributed by atoms with E-state index in [1.165, 1.54) is 13.0 Å². The molecule has 3 rings (SSSR count). The highest BCUT2D eigenvalue weighted by atomic mass is 127. The normalized spacial score (nSPS) is 10.6. The molecule has 122 valence electrons. The molecule has 0 atom stereocenters. The van der Waals surface area contributed by atoms with E-state index in [4.69, 9.17) is 4.74 Å². The lowest BCUT2D eigenvalue weighted by molar-refractivity contribution is -0.114. The number of anilines is 1. The Morgan fingerprint density at radius 2 is 2.00 bits per heavy atom. The van der Waals surface area contributed by atoms with Crippen molar-refractivity contribution in [3.05, 3.63) is 63.5 Å². The third-order valence-electron chi connectivity index (χ3n) is 3.38. The fraction of sp³-hybridized carbons (Fsp3) is 0.111. The van der Waals surface area contributed by atoms with Gasteiger partial charge in [-0.1, -0.05) is 36.4 Å². The molecule has 0 unspecified atom stereocenters. The molecule has 1 N–H and O–H groups in total. The molecule has 1 aromatic heterocycles. The van der Waals surface area contributed by atoms with Gasteiger partial charge in [-0.05, 0) is 45.7 Å². The standard InChI is InChI=1S/C18H14FIN2O2/c1-11(23)21-15-9-13-7-8-14(19)17(20)16(13)18(22-15)24-10-12-5-3-2-4-6-12/h2-9H,10H2,1H3,(H,21,22,23). The average molecular weight is 436 g/mol. The fourth-order valence-electron chi connectivity index (χ4n) is 2.32. The predicted molar refractivity (Wildman–Crippen MR) is 99.5 cm³/mol. The molecule has 0 spiro atoms. The van der Waals surface area contributed by atoms with Gasteiger partial charge in [-0.25, -0.2) is 4.39 Å². The first-order valence-corrected chi connectivity index (χ1v) is 8.35. The van der Waals surface area contributed by atoms with Crippen LogP contribution >= 0.6 is 22.6 Å². The van der Waals surface area contributed by atoms with Gasteiger partial charge in [0.25, 0.3) is 0 Å². The maximum atomic E-state index is 13.9. The third-order valence-corrected chi connectivity index (χ3v) is 4.43. The molecular formula is C18H14FIN2O2. The summed E-state index contributed by atoms with van der Waals surface area (Å²) in [6, 6.07) is 14.4. The van der Waals surface area contributed by atoms with Gasteiger partial charge in [-0.2, -0.15) is 4.98 Å². The van der Waals surface area contributed by atoms with Crippen LogP contribution in [0.2, 0.25) is 0 Å². The Kier molecular flexibility index (Phi) is 4.94. The second kappa shape index (κ2) is 7.12. The summed E-state index contributed by atoms with van der Waals surface area (Å²) in [7, 11) is 0. The number of hydrogen-bond acceptors (Lipinski definition) is 3. The largest absolute Gasteiger partial charge is 0.472 e. The van der Waals surface area contributed by atoms with E-state index in [-0.39, 0.29) is 11.7 Å². The molecule has 0 fully saturated rings. The number of amides is 1. The van der Waals surface area contributed by atoms with Crippen molar-refractivity contribution in [2.75, 3.05) is 5.32 Å². The van der Waals surface area contributed by atoms with E-state index in [1.54, 1.807) is 12.1 Å². The van der Waals surface area contributed by atoms with Gasteiger partial charge < -0.3 is 10.1 Å². The number of pyridine rings is 1. The molecule has 0 radical (unpaired) electrons. The van der Waals surface area contributed by atoms with E-state index < -0.39 is 0 Å². The van der Waals surface area contributed by atoms with Crippen molar-refractivity contribution in [2.45, 2.75) is 13.5 Å². The Balaban J connectivity index is 2.04. The van der Waals surface area contributed by atoms with Crippen molar-refractivity contribution in [3.63, 3.8) is 0 Å². The molecule has 24 heavy (non-hydrogen) atoms. The second-order valence-corrected chi connectivity index (χ2v) is 6.31. The number of hydrogen-bond donors (Lipinski definition) is 1. The van der Waals surface area contributed by atoms with Crippen LogP contribution in [0.4, 0.5) is 10.2 Å². The molecule has 0 saturated heterocycles. The lowest BCUT2D eigenvalue weighted by Gasteiger charge is -2.13. The lowest BCUT2D eigenvalue weighted by Crippen LogP contribution is -2.09. The summed E-state index contributed by atoms with van der Waals surface area (Å²) in [6.07, 6.45) is 0. The van der Waals surface area contributed by atoms with Crippen molar-refractivity contribution < 1.29 is 13.9 Å². The third kappa shape index (κ3) is 3.64. The van der Waals surface area contributed by atoms with Gasteiger partial charge >= 0.3 is 0 Å². The first-order chi connectivity index (χ1) is 11.5. The maximum Gasteiger partial charge on any atom is 0.224 e. The highest BCUT2D eigenvalue weighted by Crippen LogP contribution is 2.32. The van der Waals surface area contributed by atoms with E-state index in [1.807, 2.05) is 52.9 Å². The zero-order chi connectivity index (χ0) is 17.1. The molecule has 0 bridgehead atoms. The van der Waals surface area contributed by atoms with Crippen LogP contribution in [-0.2, 0) is 11.4 Å². The molecule has 2 aromatic carbocycles. The number of carbonyl (C=O) groups is 1. The Hall–Kier alpha value is -2.22. The number of nitrogens with one attached hydrogen (secondary N) is 1. The number of rotatable bonds is 4. The molecule has 0 aliphatic rings. The first kappa shape index (κ1) is 16.6. The Morgan fingerprint density at radius 3 is 2.71 bits per heavy atom. The molecule has 4 nitrogen and oxygen atoms in total. The maximum absolute atomic E-state index is 13.9. The van der Waals surface area contributed by atoms with E-state index in [0.717, 1.165) is 10.9 Å². The van der Waals surface area contributed by atoms with Crippen molar-refractivity contribution >= 4 is 45.1 Å².